The highest BCUT2D eigenvalue weighted by Crippen LogP contribution is 2.38. The summed E-state index contributed by atoms with van der Waals surface area (Å²) in [6.07, 6.45) is 1.78. The molecule has 1 aromatic carbocycles. The van der Waals surface area contributed by atoms with Crippen molar-refractivity contribution in [3.63, 3.8) is 0 Å². The van der Waals surface area contributed by atoms with Gasteiger partial charge in [0.05, 0.1) is 13.1 Å². The van der Waals surface area contributed by atoms with Crippen LogP contribution in [0.1, 0.15) is 18.4 Å². The zero-order valence-corrected chi connectivity index (χ0v) is 15.3. The molecule has 2 saturated heterocycles. The van der Waals surface area contributed by atoms with E-state index < -0.39 is 17.5 Å². The largest absolute Gasteiger partial charge is 0.398 e. The number of benzene rings is 1. The standard InChI is InChI=1S/C16H20ClN7O3/c17-10-7-12(19)11(9-18)13(8-10)22-4-1-16(2-5-22)14(25)23(6-3-21-27)15(26)24(16)20/h7-9,18H,1-6,19-20H2. The van der Waals surface area contributed by atoms with Crippen LogP contribution in [0.25, 0.3) is 0 Å². The van der Waals surface area contributed by atoms with Crippen LogP contribution >= 0.6 is 11.6 Å². The third-order valence-corrected chi connectivity index (χ3v) is 5.41. The number of hydrazine groups is 1. The number of anilines is 2. The van der Waals surface area contributed by atoms with Crippen molar-refractivity contribution in [3.05, 3.63) is 27.6 Å². The van der Waals surface area contributed by atoms with Crippen molar-refractivity contribution in [2.75, 3.05) is 36.8 Å². The topological polar surface area (TPSA) is 149 Å². The van der Waals surface area contributed by atoms with E-state index in [9.17, 15) is 14.5 Å². The molecule has 3 rings (SSSR count). The monoisotopic (exact) mass is 393 g/mol. The van der Waals surface area contributed by atoms with E-state index in [-0.39, 0.29) is 13.1 Å². The lowest BCUT2D eigenvalue weighted by Crippen LogP contribution is -2.59. The second-order valence-electron chi connectivity index (χ2n) is 6.55. The highest BCUT2D eigenvalue weighted by Gasteiger charge is 2.57. The summed E-state index contributed by atoms with van der Waals surface area (Å²) in [5.74, 6) is 5.54. The molecule has 11 heteroatoms. The van der Waals surface area contributed by atoms with E-state index in [0.717, 1.165) is 9.91 Å². The Bertz CT molecular complexity index is 807. The molecule has 3 amide bonds. The summed E-state index contributed by atoms with van der Waals surface area (Å²) >= 11 is 6.10. The molecule has 0 aliphatic carbocycles. The molecule has 0 aromatic heterocycles. The van der Waals surface area contributed by atoms with Crippen LogP contribution in [0.5, 0.6) is 0 Å². The molecule has 0 atom stereocenters. The number of rotatable bonds is 5. The zero-order chi connectivity index (χ0) is 19.8. The Labute approximate surface area is 160 Å². The Balaban J connectivity index is 1.83. The molecule has 0 unspecified atom stereocenters. The summed E-state index contributed by atoms with van der Waals surface area (Å²) in [5.41, 5.74) is 6.46. The van der Waals surface area contributed by atoms with Crippen LogP contribution in [0.2, 0.25) is 5.02 Å². The van der Waals surface area contributed by atoms with Crippen molar-refractivity contribution >= 4 is 41.1 Å². The van der Waals surface area contributed by atoms with Gasteiger partial charge in [-0.25, -0.2) is 15.6 Å². The first-order valence-corrected chi connectivity index (χ1v) is 8.78. The number of nitrogen functional groups attached to an aromatic ring is 1. The van der Waals surface area contributed by atoms with Gasteiger partial charge in [-0.15, -0.1) is 0 Å². The Morgan fingerprint density at radius 1 is 1.30 bits per heavy atom. The molecule has 2 aliphatic rings. The van der Waals surface area contributed by atoms with Gasteiger partial charge in [0.25, 0.3) is 5.91 Å². The van der Waals surface area contributed by atoms with E-state index in [4.69, 9.17) is 28.6 Å². The summed E-state index contributed by atoms with van der Waals surface area (Å²) < 4.78 is 0. The maximum absolute atomic E-state index is 12.8. The maximum Gasteiger partial charge on any atom is 0.341 e. The van der Waals surface area contributed by atoms with E-state index in [1.807, 2.05) is 4.90 Å². The van der Waals surface area contributed by atoms with Gasteiger partial charge in [-0.05, 0) is 25.0 Å². The fourth-order valence-corrected chi connectivity index (χ4v) is 3.93. The lowest BCUT2D eigenvalue weighted by atomic mass is 9.86. The van der Waals surface area contributed by atoms with Crippen LogP contribution in [0.15, 0.2) is 17.3 Å². The number of halogens is 1. The first-order chi connectivity index (χ1) is 12.9. The van der Waals surface area contributed by atoms with Gasteiger partial charge in [0, 0.05) is 41.3 Å². The van der Waals surface area contributed by atoms with E-state index in [1.165, 1.54) is 6.21 Å². The molecule has 1 spiro atoms. The molecule has 1 aromatic rings. The Morgan fingerprint density at radius 3 is 2.56 bits per heavy atom. The van der Waals surface area contributed by atoms with Crippen molar-refractivity contribution in [2.24, 2.45) is 11.0 Å². The van der Waals surface area contributed by atoms with Crippen molar-refractivity contribution in [2.45, 2.75) is 18.4 Å². The van der Waals surface area contributed by atoms with Crippen LogP contribution in [-0.2, 0) is 4.79 Å². The first-order valence-electron chi connectivity index (χ1n) is 8.40. The zero-order valence-electron chi connectivity index (χ0n) is 14.5. The van der Waals surface area contributed by atoms with Crippen molar-refractivity contribution in [3.8, 4) is 0 Å². The van der Waals surface area contributed by atoms with Gasteiger partial charge >= 0.3 is 6.03 Å². The lowest BCUT2D eigenvalue weighted by molar-refractivity contribution is -0.134. The fourth-order valence-electron chi connectivity index (χ4n) is 3.71. The van der Waals surface area contributed by atoms with Gasteiger partial charge in [-0.1, -0.05) is 16.8 Å². The third-order valence-electron chi connectivity index (χ3n) is 5.19. The Kier molecular flexibility index (Phi) is 5.03. The van der Waals surface area contributed by atoms with Gasteiger partial charge in [0.2, 0.25) is 0 Å². The van der Waals surface area contributed by atoms with Crippen LogP contribution in [0.4, 0.5) is 16.2 Å². The van der Waals surface area contributed by atoms with Gasteiger partial charge in [-0.2, -0.15) is 4.91 Å². The number of nitrogens with one attached hydrogen (secondary N) is 1. The summed E-state index contributed by atoms with van der Waals surface area (Å²) in [6.45, 7) is 0.599. The smallest absolute Gasteiger partial charge is 0.341 e. The molecule has 2 fully saturated rings. The van der Waals surface area contributed by atoms with Crippen molar-refractivity contribution < 1.29 is 9.59 Å². The van der Waals surface area contributed by atoms with Crippen LogP contribution in [0, 0.1) is 10.3 Å². The Morgan fingerprint density at radius 2 is 1.96 bits per heavy atom. The molecule has 2 heterocycles. The van der Waals surface area contributed by atoms with Gasteiger partial charge < -0.3 is 16.0 Å². The number of urea groups is 1. The summed E-state index contributed by atoms with van der Waals surface area (Å²) in [7, 11) is 0. The first kappa shape index (κ1) is 19.1. The molecule has 144 valence electrons. The third kappa shape index (κ3) is 3.00. The van der Waals surface area contributed by atoms with Gasteiger partial charge in [0.1, 0.15) is 5.54 Å². The predicted molar refractivity (Wildman–Crippen MR) is 102 cm³/mol. The van der Waals surface area contributed by atoms with Gasteiger partial charge in [-0.3, -0.25) is 9.69 Å². The van der Waals surface area contributed by atoms with Crippen molar-refractivity contribution in [1.29, 1.82) is 5.41 Å². The molecule has 2 aliphatic heterocycles. The number of nitroso groups, excluding NO2 is 1. The molecule has 0 radical (unpaired) electrons. The van der Waals surface area contributed by atoms with E-state index in [0.29, 0.717) is 47.9 Å². The summed E-state index contributed by atoms with van der Waals surface area (Å²) in [6, 6.07) is 2.68. The van der Waals surface area contributed by atoms with Crippen molar-refractivity contribution in [1.82, 2.24) is 9.91 Å². The number of imide groups is 1. The van der Waals surface area contributed by atoms with E-state index in [2.05, 4.69) is 5.18 Å². The highest BCUT2D eigenvalue weighted by molar-refractivity contribution is 6.31. The van der Waals surface area contributed by atoms with Crippen LogP contribution in [0.3, 0.4) is 0 Å². The number of amides is 3. The number of nitrogens with two attached hydrogens (primary N) is 2. The molecule has 0 saturated carbocycles. The average molecular weight is 394 g/mol. The molecular formula is C16H20ClN7O3. The number of carbonyl (C=O) groups is 2. The second-order valence-corrected chi connectivity index (χ2v) is 6.99. The minimum Gasteiger partial charge on any atom is -0.398 e. The average Bonchev–Trinajstić information content (AvgIpc) is 2.82. The quantitative estimate of drug-likeness (QED) is 0.171. The number of hydrogen-bond acceptors (Lipinski definition) is 8. The van der Waals surface area contributed by atoms with E-state index >= 15 is 0 Å². The predicted octanol–water partition coefficient (Wildman–Crippen LogP) is 1.16. The molecule has 5 N–H and O–H groups in total. The van der Waals surface area contributed by atoms with Crippen LogP contribution in [-0.4, -0.2) is 59.8 Å². The summed E-state index contributed by atoms with van der Waals surface area (Å²) in [5, 5.41) is 11.7. The molecule has 0 bridgehead atoms. The molecule has 10 nitrogen and oxygen atoms in total. The molecule has 27 heavy (non-hydrogen) atoms. The molecular weight excluding hydrogens is 374 g/mol. The SMILES string of the molecule is N=Cc1c(N)cc(Cl)cc1N1CCC2(CC1)C(=O)N(CCN=O)C(=O)N2N. The Hall–Kier alpha value is -2.72. The highest BCUT2D eigenvalue weighted by atomic mass is 35.5. The minimum atomic E-state index is -1.13. The minimum absolute atomic E-state index is 0.0802. The summed E-state index contributed by atoms with van der Waals surface area (Å²) in [4.78, 5) is 38.4. The number of nitrogens with zero attached hydrogens (tertiary/aromatic N) is 4. The van der Waals surface area contributed by atoms with Gasteiger partial charge in [0.15, 0.2) is 0 Å². The lowest BCUT2D eigenvalue weighted by Gasteiger charge is -2.41. The second kappa shape index (κ2) is 7.12. The maximum atomic E-state index is 12.8. The number of carbonyl (C=O) groups excluding carboxylic acids is 2. The number of piperidine rings is 1. The van der Waals surface area contributed by atoms with E-state index in [1.54, 1.807) is 12.1 Å². The number of hydrogen-bond donors (Lipinski definition) is 3. The fraction of sp³-hybridized carbons (Fsp3) is 0.438. The normalized spacial score (nSPS) is 19.1. The van der Waals surface area contributed by atoms with Crippen LogP contribution < -0.4 is 16.5 Å².